The van der Waals surface area contributed by atoms with Gasteiger partial charge >= 0.3 is 0 Å². The lowest BCUT2D eigenvalue weighted by atomic mass is 9.87. The van der Waals surface area contributed by atoms with E-state index in [0.29, 0.717) is 22.2 Å². The predicted molar refractivity (Wildman–Crippen MR) is 148 cm³/mol. The number of primary sulfonamides is 1. The highest BCUT2D eigenvalue weighted by molar-refractivity contribution is 7.92. The third-order valence-corrected chi connectivity index (χ3v) is 8.07. The zero-order valence-electron chi connectivity index (χ0n) is 21.1. The highest BCUT2D eigenvalue weighted by Crippen LogP contribution is 2.33. The van der Waals surface area contributed by atoms with E-state index >= 15 is 0 Å². The van der Waals surface area contributed by atoms with Crippen LogP contribution in [-0.4, -0.2) is 45.0 Å². The molecular weight excluding hydrogens is 526 g/mol. The number of aromatic amines is 1. The molecule has 10 nitrogen and oxygen atoms in total. The van der Waals surface area contributed by atoms with E-state index in [9.17, 15) is 21.6 Å². The number of nitrogens with zero attached hydrogens (tertiary/aromatic N) is 1. The minimum atomic E-state index is -3.91. The Morgan fingerprint density at radius 1 is 1.00 bits per heavy atom. The van der Waals surface area contributed by atoms with Crippen molar-refractivity contribution in [2.75, 3.05) is 17.0 Å². The zero-order chi connectivity index (χ0) is 27.7. The Kier molecular flexibility index (Phi) is 7.33. The summed E-state index contributed by atoms with van der Waals surface area (Å²) in [5.74, 6) is -0.966. The molecule has 4 aromatic rings. The van der Waals surface area contributed by atoms with E-state index in [2.05, 4.69) is 20.0 Å². The van der Waals surface area contributed by atoms with E-state index in [1.165, 1.54) is 6.20 Å². The van der Waals surface area contributed by atoms with Crippen molar-refractivity contribution in [3.63, 3.8) is 0 Å². The quantitative estimate of drug-likeness (QED) is 0.260. The van der Waals surface area contributed by atoms with E-state index in [1.807, 2.05) is 26.8 Å². The molecule has 1 amide bonds. The molecule has 0 bridgehead atoms. The molecular formula is C26H29N5O5S2. The number of anilines is 1. The summed E-state index contributed by atoms with van der Waals surface area (Å²) in [5, 5.41) is 8.08. The van der Waals surface area contributed by atoms with Crippen LogP contribution in [0.25, 0.3) is 22.2 Å². The van der Waals surface area contributed by atoms with Crippen molar-refractivity contribution in [1.82, 2.24) is 15.3 Å². The summed E-state index contributed by atoms with van der Waals surface area (Å²) in [5.41, 5.74) is 2.81. The number of rotatable bonds is 8. The maximum absolute atomic E-state index is 13.1. The smallest absolute Gasteiger partial charge is 0.268 e. The number of fused-ring (bicyclic) bond motifs is 1. The van der Waals surface area contributed by atoms with Gasteiger partial charge in [-0.15, -0.1) is 0 Å². The molecule has 2 aromatic heterocycles. The summed E-state index contributed by atoms with van der Waals surface area (Å²) in [4.78, 5) is 20.4. The van der Waals surface area contributed by atoms with Crippen LogP contribution >= 0.6 is 0 Å². The van der Waals surface area contributed by atoms with Gasteiger partial charge in [-0.05, 0) is 34.7 Å². The molecule has 0 aliphatic carbocycles. The van der Waals surface area contributed by atoms with Gasteiger partial charge in [0.25, 0.3) is 15.9 Å². The second kappa shape index (κ2) is 10.2. The van der Waals surface area contributed by atoms with Gasteiger partial charge in [0.05, 0.1) is 22.5 Å². The SMILES string of the molecule is CC(C)(C)c1ccc(S(=O)(=O)Nc2cnc3[nH]c(C(=O)NCCS(N)(=O)=O)c(-c4ccccc4)c3c2)cc1. The molecule has 0 aliphatic rings. The number of H-pyrrole nitrogens is 1. The van der Waals surface area contributed by atoms with Crippen molar-refractivity contribution in [3.05, 3.63) is 78.1 Å². The van der Waals surface area contributed by atoms with Crippen molar-refractivity contribution in [1.29, 1.82) is 0 Å². The Morgan fingerprint density at radius 2 is 1.66 bits per heavy atom. The second-order valence-corrected chi connectivity index (χ2v) is 13.3. The number of aromatic nitrogens is 2. The van der Waals surface area contributed by atoms with E-state index in [-0.39, 0.29) is 28.2 Å². The lowest BCUT2D eigenvalue weighted by Gasteiger charge is -2.19. The first kappa shape index (κ1) is 27.3. The van der Waals surface area contributed by atoms with Crippen molar-refractivity contribution in [2.45, 2.75) is 31.1 Å². The molecule has 2 heterocycles. The fraction of sp³-hybridized carbons (Fsp3) is 0.231. The van der Waals surface area contributed by atoms with Crippen LogP contribution in [0.15, 0.2) is 71.8 Å². The number of benzene rings is 2. The summed E-state index contributed by atoms with van der Waals surface area (Å²) in [6.07, 6.45) is 1.36. The number of nitrogens with one attached hydrogen (secondary N) is 3. The van der Waals surface area contributed by atoms with Crippen molar-refractivity contribution in [3.8, 4) is 11.1 Å². The number of hydrogen-bond donors (Lipinski definition) is 4. The lowest BCUT2D eigenvalue weighted by Crippen LogP contribution is -2.31. The minimum Gasteiger partial charge on any atom is -0.350 e. The largest absolute Gasteiger partial charge is 0.350 e. The van der Waals surface area contributed by atoms with Crippen molar-refractivity contribution < 1.29 is 21.6 Å². The van der Waals surface area contributed by atoms with Gasteiger partial charge in [-0.1, -0.05) is 63.2 Å². The maximum atomic E-state index is 13.1. The molecule has 0 fully saturated rings. The summed E-state index contributed by atoms with van der Waals surface area (Å²) in [6, 6.07) is 17.3. The normalized spacial score (nSPS) is 12.4. The van der Waals surface area contributed by atoms with Gasteiger partial charge in [0.15, 0.2) is 0 Å². The van der Waals surface area contributed by atoms with E-state index in [4.69, 9.17) is 5.14 Å². The third kappa shape index (κ3) is 6.21. The Hall–Kier alpha value is -3.74. The van der Waals surface area contributed by atoms with Gasteiger partial charge in [-0.3, -0.25) is 9.52 Å². The molecule has 12 heteroatoms. The molecule has 0 aliphatic heterocycles. The number of carbonyl (C=O) groups is 1. The van der Waals surface area contributed by atoms with Gasteiger partial charge in [0.1, 0.15) is 11.3 Å². The summed E-state index contributed by atoms with van der Waals surface area (Å²) < 4.78 is 51.3. The van der Waals surface area contributed by atoms with Gasteiger partial charge in [0, 0.05) is 17.5 Å². The standard InChI is InChI=1S/C26H29N5O5S2/c1-26(2,3)18-9-11-20(12-10-18)38(35,36)31-19-15-21-22(17-7-5-4-6-8-17)23(30-24(21)29-16-19)25(32)28-13-14-37(27,33)34/h4-12,15-16,31H,13-14H2,1-3H3,(H,28,32)(H,29,30)(H2,27,33,34). The first-order valence-electron chi connectivity index (χ1n) is 11.7. The zero-order valence-corrected chi connectivity index (χ0v) is 22.8. The van der Waals surface area contributed by atoms with E-state index in [0.717, 1.165) is 5.56 Å². The van der Waals surface area contributed by atoms with Gasteiger partial charge in [-0.25, -0.2) is 27.0 Å². The monoisotopic (exact) mass is 555 g/mol. The first-order valence-corrected chi connectivity index (χ1v) is 14.9. The highest BCUT2D eigenvalue weighted by atomic mass is 32.2. The van der Waals surface area contributed by atoms with Crippen LogP contribution < -0.4 is 15.2 Å². The van der Waals surface area contributed by atoms with Crippen LogP contribution in [0.3, 0.4) is 0 Å². The number of sulfonamides is 2. The molecule has 0 saturated heterocycles. The summed E-state index contributed by atoms with van der Waals surface area (Å²) in [6.45, 7) is 5.97. The summed E-state index contributed by atoms with van der Waals surface area (Å²) in [7, 11) is -7.65. The molecule has 0 unspecified atom stereocenters. The van der Waals surface area contributed by atoms with E-state index < -0.39 is 31.7 Å². The third-order valence-electron chi connectivity index (χ3n) is 5.89. The maximum Gasteiger partial charge on any atom is 0.268 e. The number of hydrogen-bond acceptors (Lipinski definition) is 6. The second-order valence-electron chi connectivity index (χ2n) is 9.86. The molecule has 0 radical (unpaired) electrons. The van der Waals surface area contributed by atoms with Crippen LogP contribution in [0.2, 0.25) is 0 Å². The molecule has 0 atom stereocenters. The van der Waals surface area contributed by atoms with Crippen LogP contribution in [0.4, 0.5) is 5.69 Å². The molecule has 2 aromatic carbocycles. The first-order chi connectivity index (χ1) is 17.7. The Morgan fingerprint density at radius 3 is 2.26 bits per heavy atom. The van der Waals surface area contributed by atoms with Gasteiger partial charge in [0.2, 0.25) is 10.0 Å². The Balaban J connectivity index is 1.70. The molecule has 200 valence electrons. The lowest BCUT2D eigenvalue weighted by molar-refractivity contribution is 0.0952. The van der Waals surface area contributed by atoms with Crippen LogP contribution in [-0.2, 0) is 25.5 Å². The minimum absolute atomic E-state index is 0.109. The molecule has 4 rings (SSSR count). The average Bonchev–Trinajstić information content (AvgIpc) is 3.22. The fourth-order valence-electron chi connectivity index (χ4n) is 3.94. The molecule has 38 heavy (non-hydrogen) atoms. The van der Waals surface area contributed by atoms with Crippen molar-refractivity contribution >= 4 is 42.7 Å². The van der Waals surface area contributed by atoms with Crippen molar-refractivity contribution in [2.24, 2.45) is 5.14 Å². The Bertz CT molecular complexity index is 1690. The van der Waals surface area contributed by atoms with Crippen LogP contribution in [0.1, 0.15) is 36.8 Å². The molecule has 0 saturated carbocycles. The number of nitrogens with two attached hydrogens (primary N) is 1. The van der Waals surface area contributed by atoms with Crippen LogP contribution in [0.5, 0.6) is 0 Å². The number of amides is 1. The average molecular weight is 556 g/mol. The highest BCUT2D eigenvalue weighted by Gasteiger charge is 2.22. The molecule has 5 N–H and O–H groups in total. The Labute approximate surface area is 221 Å². The number of pyridine rings is 1. The van der Waals surface area contributed by atoms with Crippen LogP contribution in [0, 0.1) is 0 Å². The predicted octanol–water partition coefficient (Wildman–Crippen LogP) is 3.35. The molecule has 0 spiro atoms. The topological polar surface area (TPSA) is 164 Å². The van der Waals surface area contributed by atoms with Gasteiger partial charge in [-0.2, -0.15) is 0 Å². The number of carbonyl (C=O) groups excluding carboxylic acids is 1. The van der Waals surface area contributed by atoms with E-state index in [1.54, 1.807) is 54.6 Å². The summed E-state index contributed by atoms with van der Waals surface area (Å²) >= 11 is 0. The van der Waals surface area contributed by atoms with Gasteiger partial charge < -0.3 is 10.3 Å². The fourth-order valence-corrected chi connectivity index (χ4v) is 5.37.